The summed E-state index contributed by atoms with van der Waals surface area (Å²) < 4.78 is 30.8. The van der Waals surface area contributed by atoms with E-state index in [-0.39, 0.29) is 25.1 Å². The number of likely N-dealkylation sites (N-methyl/N-ethyl adjacent to an activating group) is 1. The van der Waals surface area contributed by atoms with Crippen LogP contribution in [0.4, 0.5) is 0 Å². The maximum absolute atomic E-state index is 13.6. The third-order valence-electron chi connectivity index (χ3n) is 16.5. The summed E-state index contributed by atoms with van der Waals surface area (Å²) in [6.07, 6.45) is 83.9. The van der Waals surface area contributed by atoms with Crippen molar-refractivity contribution in [2.75, 3.05) is 40.9 Å². The van der Waals surface area contributed by atoms with Crippen LogP contribution in [0.3, 0.4) is 0 Å². The molecule has 0 aromatic carbocycles. The van der Waals surface area contributed by atoms with Crippen LogP contribution < -0.4 is 5.32 Å². The van der Waals surface area contributed by atoms with Crippen molar-refractivity contribution in [2.45, 2.75) is 367 Å². The molecule has 0 saturated heterocycles. The van der Waals surface area contributed by atoms with E-state index in [0.29, 0.717) is 23.9 Å². The van der Waals surface area contributed by atoms with Crippen LogP contribution in [0, 0.1) is 0 Å². The first kappa shape index (κ1) is 82.7. The summed E-state index contributed by atoms with van der Waals surface area (Å²) in [6, 6.07) is -0.855. The number of amides is 1. The van der Waals surface area contributed by atoms with E-state index in [2.05, 4.69) is 74.7 Å². The van der Waals surface area contributed by atoms with Crippen molar-refractivity contribution in [3.63, 3.8) is 0 Å². The lowest BCUT2D eigenvalue weighted by molar-refractivity contribution is -0.870. The first-order valence-electron chi connectivity index (χ1n) is 36.6. The molecule has 0 aliphatic rings. The Morgan fingerprint density at radius 3 is 1.09 bits per heavy atom. The number of hydrogen-bond donors (Lipinski definition) is 2. The molecule has 0 spiro atoms. The lowest BCUT2D eigenvalue weighted by Gasteiger charge is -2.27. The summed E-state index contributed by atoms with van der Waals surface area (Å²) in [5.41, 5.74) is 0. The highest BCUT2D eigenvalue weighted by Gasteiger charge is 2.30. The standard InChI is InChI=1S/C75H141N2O7P/c1-7-10-13-16-19-22-25-27-29-31-33-35-37-38-40-42-44-46-48-50-53-56-59-62-65-68-75(79)84-73(66-63-60-57-54-51-24-21-18-15-12-9-3)72(71-83-85(80,81)82-70-69-77(4,5)6)76-74(78)67-64-61-58-55-52-49-47-45-43-41-39-36-34-32-30-28-26-23-20-17-14-11-8-2/h20,23,28,30,34,36,41,43,63,66,72-73H,7-19,21-22,24-27,29,31-33,35,37-40,42,44-62,64-65,67-71H2,1-6H3,(H-,76,78,80,81)/p+1/b23-20-,30-28-,36-34-,43-41-,66-63+. The molecule has 0 aliphatic heterocycles. The van der Waals surface area contributed by atoms with Crippen molar-refractivity contribution >= 4 is 19.7 Å². The maximum atomic E-state index is 13.6. The van der Waals surface area contributed by atoms with Gasteiger partial charge in [-0.25, -0.2) is 4.57 Å². The van der Waals surface area contributed by atoms with Crippen LogP contribution >= 0.6 is 7.82 Å². The number of unbranched alkanes of at least 4 members (excludes halogenated alkanes) is 43. The van der Waals surface area contributed by atoms with Gasteiger partial charge < -0.3 is 19.4 Å². The van der Waals surface area contributed by atoms with Crippen LogP contribution in [-0.2, 0) is 27.9 Å². The Hall–Kier alpha value is -2.29. The van der Waals surface area contributed by atoms with E-state index in [4.69, 9.17) is 13.8 Å². The second-order valence-electron chi connectivity index (χ2n) is 26.1. The highest BCUT2D eigenvalue weighted by atomic mass is 31.2. The minimum atomic E-state index is -4.46. The molecular formula is C75H142N2O7P+. The molecule has 3 atom stereocenters. The number of phosphoric ester groups is 1. The summed E-state index contributed by atoms with van der Waals surface area (Å²) in [6.45, 7) is 7.02. The first-order valence-corrected chi connectivity index (χ1v) is 38.1. The first-order chi connectivity index (χ1) is 41.4. The number of carbonyl (C=O) groups is 2. The molecule has 0 fully saturated rings. The quantitative estimate of drug-likeness (QED) is 0.0205. The lowest BCUT2D eigenvalue weighted by atomic mass is 10.0. The average molecular weight is 1210 g/mol. The van der Waals surface area contributed by atoms with E-state index in [0.717, 1.165) is 89.9 Å². The zero-order valence-corrected chi connectivity index (χ0v) is 58.0. The van der Waals surface area contributed by atoms with Gasteiger partial charge in [0.25, 0.3) is 0 Å². The van der Waals surface area contributed by atoms with Gasteiger partial charge in [-0.15, -0.1) is 0 Å². The van der Waals surface area contributed by atoms with Gasteiger partial charge in [0.15, 0.2) is 0 Å². The van der Waals surface area contributed by atoms with E-state index < -0.39 is 20.0 Å². The third-order valence-corrected chi connectivity index (χ3v) is 17.4. The van der Waals surface area contributed by atoms with Gasteiger partial charge in [0.2, 0.25) is 5.91 Å². The van der Waals surface area contributed by atoms with Gasteiger partial charge in [0.05, 0.1) is 33.8 Å². The van der Waals surface area contributed by atoms with Gasteiger partial charge >= 0.3 is 13.8 Å². The number of esters is 1. The van der Waals surface area contributed by atoms with Gasteiger partial charge in [0.1, 0.15) is 19.3 Å². The van der Waals surface area contributed by atoms with Crippen LogP contribution in [0.1, 0.15) is 355 Å². The fraction of sp³-hybridized carbons (Fsp3) is 0.840. The Morgan fingerprint density at radius 1 is 0.412 bits per heavy atom. The number of rotatable bonds is 67. The van der Waals surface area contributed by atoms with E-state index in [1.165, 1.54) is 231 Å². The summed E-state index contributed by atoms with van der Waals surface area (Å²) >= 11 is 0. The van der Waals surface area contributed by atoms with Crippen LogP contribution in [0.25, 0.3) is 0 Å². The van der Waals surface area contributed by atoms with Crippen molar-refractivity contribution < 1.29 is 37.3 Å². The second-order valence-corrected chi connectivity index (χ2v) is 27.6. The topological polar surface area (TPSA) is 111 Å². The average Bonchev–Trinajstić information content (AvgIpc) is 3.62. The van der Waals surface area contributed by atoms with Crippen LogP contribution in [0.5, 0.6) is 0 Å². The largest absolute Gasteiger partial charge is 0.472 e. The number of hydrogen-bond acceptors (Lipinski definition) is 6. The Labute approximate surface area is 528 Å². The van der Waals surface area contributed by atoms with Crippen molar-refractivity contribution in [1.82, 2.24) is 5.32 Å². The van der Waals surface area contributed by atoms with Crippen molar-refractivity contribution in [3.8, 4) is 0 Å². The molecule has 0 aromatic heterocycles. The van der Waals surface area contributed by atoms with E-state index in [1.54, 1.807) is 0 Å². The maximum Gasteiger partial charge on any atom is 0.472 e. The van der Waals surface area contributed by atoms with Gasteiger partial charge in [-0.2, -0.15) is 0 Å². The lowest BCUT2D eigenvalue weighted by Crippen LogP contribution is -2.47. The van der Waals surface area contributed by atoms with Crippen molar-refractivity contribution in [3.05, 3.63) is 60.8 Å². The molecule has 0 aromatic rings. The molecule has 1 amide bonds. The van der Waals surface area contributed by atoms with Gasteiger partial charge in [-0.3, -0.25) is 18.6 Å². The molecule has 0 bridgehead atoms. The molecular weight excluding hydrogens is 1070 g/mol. The molecule has 85 heavy (non-hydrogen) atoms. The Kier molecular flexibility index (Phi) is 62.9. The van der Waals surface area contributed by atoms with E-state index in [1.807, 2.05) is 33.3 Å². The molecule has 0 aliphatic carbocycles. The minimum Gasteiger partial charge on any atom is -0.456 e. The fourth-order valence-electron chi connectivity index (χ4n) is 10.8. The van der Waals surface area contributed by atoms with Crippen LogP contribution in [0.15, 0.2) is 60.8 Å². The van der Waals surface area contributed by atoms with E-state index >= 15 is 0 Å². The number of nitrogens with one attached hydrogen (secondary N) is 1. The molecule has 0 rings (SSSR count). The molecule has 0 radical (unpaired) electrons. The van der Waals surface area contributed by atoms with Gasteiger partial charge in [0, 0.05) is 12.8 Å². The SMILES string of the molecule is CCCCC/C=C\C/C=C\C/C=C\C/C=C\CCCCCCCCCC(=O)NC(COP(=O)(O)OCC[N+](C)(C)C)C(/C=C/CCCCCCCCCCC)OC(=O)CCCCCCCCCCCCCCCCCCCCCCCCCCC. The van der Waals surface area contributed by atoms with Gasteiger partial charge in [-0.05, 0) is 76.7 Å². The van der Waals surface area contributed by atoms with Crippen LogP contribution in [0.2, 0.25) is 0 Å². The van der Waals surface area contributed by atoms with Crippen molar-refractivity contribution in [2.24, 2.45) is 0 Å². The minimum absolute atomic E-state index is 0.0381. The number of nitrogens with zero attached hydrogens (tertiary/aromatic N) is 1. The Morgan fingerprint density at radius 2 is 0.718 bits per heavy atom. The normalized spacial score (nSPS) is 13.8. The summed E-state index contributed by atoms with van der Waals surface area (Å²) in [5.74, 6) is -0.503. The second kappa shape index (κ2) is 64.7. The molecule has 3 unspecified atom stereocenters. The van der Waals surface area contributed by atoms with E-state index in [9.17, 15) is 19.0 Å². The monoisotopic (exact) mass is 1210 g/mol. The smallest absolute Gasteiger partial charge is 0.456 e. The summed E-state index contributed by atoms with van der Waals surface area (Å²) in [4.78, 5) is 37.9. The zero-order chi connectivity index (χ0) is 62.1. The molecule has 2 N–H and O–H groups in total. The molecule has 9 nitrogen and oxygen atoms in total. The summed E-state index contributed by atoms with van der Waals surface area (Å²) in [7, 11) is 1.50. The highest BCUT2D eigenvalue weighted by Crippen LogP contribution is 2.43. The zero-order valence-electron chi connectivity index (χ0n) is 57.1. The summed E-state index contributed by atoms with van der Waals surface area (Å²) in [5, 5.41) is 3.07. The third kappa shape index (κ3) is 66.0. The number of allylic oxidation sites excluding steroid dienone is 9. The van der Waals surface area contributed by atoms with Crippen molar-refractivity contribution in [1.29, 1.82) is 0 Å². The predicted octanol–water partition coefficient (Wildman–Crippen LogP) is 23.3. The van der Waals surface area contributed by atoms with Gasteiger partial charge in [-0.1, -0.05) is 326 Å². The highest BCUT2D eigenvalue weighted by molar-refractivity contribution is 7.47. The number of quaternary nitrogens is 1. The van der Waals surface area contributed by atoms with Crippen LogP contribution in [-0.4, -0.2) is 74.3 Å². The molecule has 0 heterocycles. The predicted molar refractivity (Wildman–Crippen MR) is 369 cm³/mol. The molecule has 10 heteroatoms. The Bertz CT molecular complexity index is 1640. The number of carbonyl (C=O) groups excluding carboxylic acids is 2. The number of ether oxygens (including phenoxy) is 1. The fourth-order valence-corrected chi connectivity index (χ4v) is 11.5. The Balaban J connectivity index is 5.00. The number of phosphoric acid groups is 1. The molecule has 0 saturated carbocycles. The molecule has 498 valence electrons.